The van der Waals surface area contributed by atoms with E-state index in [0.717, 1.165) is 43.1 Å². The van der Waals surface area contributed by atoms with Crippen LogP contribution >= 0.6 is 11.8 Å². The molecule has 132 valence electrons. The Morgan fingerprint density at radius 3 is 2.60 bits per heavy atom. The number of rotatable bonds is 3. The van der Waals surface area contributed by atoms with Crippen LogP contribution in [0, 0.1) is 0 Å². The maximum Gasteiger partial charge on any atom is 0.254 e. The smallest absolute Gasteiger partial charge is 0.254 e. The summed E-state index contributed by atoms with van der Waals surface area (Å²) in [5, 5.41) is 0. The van der Waals surface area contributed by atoms with Crippen molar-refractivity contribution in [1.82, 2.24) is 19.8 Å². The molecule has 0 bridgehead atoms. The lowest BCUT2D eigenvalue weighted by Crippen LogP contribution is -2.52. The van der Waals surface area contributed by atoms with Gasteiger partial charge in [0.1, 0.15) is 5.82 Å². The van der Waals surface area contributed by atoms with Gasteiger partial charge < -0.3 is 9.88 Å². The number of piperazine rings is 1. The van der Waals surface area contributed by atoms with Crippen LogP contribution in [-0.4, -0.2) is 69.4 Å². The Labute approximate surface area is 152 Å². The zero-order valence-electron chi connectivity index (χ0n) is 14.4. The topological polar surface area (TPSA) is 52.2 Å². The number of imidazole rings is 1. The van der Waals surface area contributed by atoms with Gasteiger partial charge in [-0.3, -0.25) is 9.69 Å². The molecule has 2 aromatic rings. The van der Waals surface area contributed by atoms with Crippen molar-refractivity contribution in [3.8, 4) is 11.4 Å². The Morgan fingerprint density at radius 2 is 1.88 bits per heavy atom. The van der Waals surface area contributed by atoms with Crippen LogP contribution in [0.25, 0.3) is 11.4 Å². The van der Waals surface area contributed by atoms with Crippen molar-refractivity contribution >= 4 is 17.7 Å². The van der Waals surface area contributed by atoms with Crippen molar-refractivity contribution < 1.29 is 4.79 Å². The summed E-state index contributed by atoms with van der Waals surface area (Å²) < 4.78 is 0. The van der Waals surface area contributed by atoms with E-state index in [1.807, 2.05) is 29.2 Å². The second-order valence-electron chi connectivity index (χ2n) is 6.66. The van der Waals surface area contributed by atoms with Gasteiger partial charge in [-0.1, -0.05) is 18.2 Å². The summed E-state index contributed by atoms with van der Waals surface area (Å²) in [5.41, 5.74) is 1.62. The Bertz CT molecular complexity index is 704. The van der Waals surface area contributed by atoms with Crippen molar-refractivity contribution in [3.05, 3.63) is 42.2 Å². The predicted octanol–water partition coefficient (Wildman–Crippen LogP) is 2.73. The fraction of sp³-hybridized carbons (Fsp3) is 0.474. The molecule has 2 aliphatic rings. The molecule has 0 aliphatic carbocycles. The zero-order valence-corrected chi connectivity index (χ0v) is 15.2. The number of nitrogens with one attached hydrogen (secondary N) is 1. The van der Waals surface area contributed by atoms with E-state index in [1.165, 1.54) is 24.3 Å². The molecule has 1 aromatic heterocycles. The van der Waals surface area contributed by atoms with E-state index >= 15 is 0 Å². The Hall–Kier alpha value is -1.79. The van der Waals surface area contributed by atoms with Gasteiger partial charge in [0.15, 0.2) is 0 Å². The third-order valence-corrected chi connectivity index (χ3v) is 6.27. The van der Waals surface area contributed by atoms with Crippen molar-refractivity contribution in [2.45, 2.75) is 18.9 Å². The van der Waals surface area contributed by atoms with Gasteiger partial charge in [0.25, 0.3) is 5.91 Å². The molecule has 1 N–H and O–H groups in total. The lowest BCUT2D eigenvalue weighted by Gasteiger charge is -2.40. The van der Waals surface area contributed by atoms with E-state index in [9.17, 15) is 4.79 Å². The minimum Gasteiger partial charge on any atom is -0.345 e. The summed E-state index contributed by atoms with van der Waals surface area (Å²) in [5.74, 6) is 3.42. The highest BCUT2D eigenvalue weighted by molar-refractivity contribution is 7.99. The van der Waals surface area contributed by atoms with Crippen molar-refractivity contribution in [2.75, 3.05) is 37.7 Å². The van der Waals surface area contributed by atoms with Gasteiger partial charge in [-0.2, -0.15) is 11.8 Å². The first-order valence-electron chi connectivity index (χ1n) is 9.03. The van der Waals surface area contributed by atoms with E-state index in [2.05, 4.69) is 26.6 Å². The lowest BCUT2D eigenvalue weighted by molar-refractivity contribution is 0.0560. The summed E-state index contributed by atoms with van der Waals surface area (Å²) in [6.07, 6.45) is 6.09. The van der Waals surface area contributed by atoms with Crippen LogP contribution in [0.4, 0.5) is 0 Å². The first-order valence-corrected chi connectivity index (χ1v) is 10.2. The van der Waals surface area contributed by atoms with Crippen molar-refractivity contribution in [2.24, 2.45) is 0 Å². The maximum atomic E-state index is 13.1. The third-order valence-electron chi connectivity index (χ3n) is 5.22. The van der Waals surface area contributed by atoms with E-state index in [1.54, 1.807) is 12.4 Å². The molecule has 25 heavy (non-hydrogen) atoms. The van der Waals surface area contributed by atoms with Crippen LogP contribution < -0.4 is 0 Å². The summed E-state index contributed by atoms with van der Waals surface area (Å²) in [7, 11) is 0. The highest BCUT2D eigenvalue weighted by Crippen LogP contribution is 2.25. The average molecular weight is 356 g/mol. The first-order chi connectivity index (χ1) is 12.3. The van der Waals surface area contributed by atoms with E-state index in [0.29, 0.717) is 6.04 Å². The average Bonchev–Trinajstić information content (AvgIpc) is 3.23. The monoisotopic (exact) mass is 356 g/mol. The minimum atomic E-state index is 0.117. The number of aromatic nitrogens is 2. The number of carbonyl (C=O) groups excluding carboxylic acids is 1. The number of hydrogen-bond acceptors (Lipinski definition) is 4. The number of hydrogen-bond donors (Lipinski definition) is 1. The highest BCUT2D eigenvalue weighted by atomic mass is 32.2. The standard InChI is InChI=1S/C19H24N4OS/c24-19(17-4-2-1-3-16(17)18-20-7-8-21-18)23-11-9-22(10-12-23)15-5-13-25-14-6-15/h1-4,7-8,15H,5-6,9-14H2,(H,20,21). The van der Waals surface area contributed by atoms with Gasteiger partial charge in [0, 0.05) is 50.2 Å². The molecule has 2 aliphatic heterocycles. The molecule has 0 saturated carbocycles. The van der Waals surface area contributed by atoms with Gasteiger partial charge in [0.2, 0.25) is 0 Å². The lowest BCUT2D eigenvalue weighted by atomic mass is 10.0. The molecule has 5 nitrogen and oxygen atoms in total. The van der Waals surface area contributed by atoms with Gasteiger partial charge in [-0.15, -0.1) is 0 Å². The summed E-state index contributed by atoms with van der Waals surface area (Å²) in [4.78, 5) is 25.1. The van der Waals surface area contributed by atoms with Gasteiger partial charge in [0.05, 0.1) is 5.56 Å². The zero-order chi connectivity index (χ0) is 17.1. The second-order valence-corrected chi connectivity index (χ2v) is 7.88. The molecule has 4 rings (SSSR count). The molecule has 3 heterocycles. The molecule has 0 spiro atoms. The number of thioether (sulfide) groups is 1. The van der Waals surface area contributed by atoms with Crippen LogP contribution in [0.5, 0.6) is 0 Å². The molecular weight excluding hydrogens is 332 g/mol. The van der Waals surface area contributed by atoms with Crippen LogP contribution in [0.2, 0.25) is 0 Å². The molecule has 2 saturated heterocycles. The minimum absolute atomic E-state index is 0.117. The predicted molar refractivity (Wildman–Crippen MR) is 102 cm³/mol. The number of amides is 1. The molecule has 1 amide bonds. The maximum absolute atomic E-state index is 13.1. The van der Waals surface area contributed by atoms with Crippen molar-refractivity contribution in [3.63, 3.8) is 0 Å². The Morgan fingerprint density at radius 1 is 1.12 bits per heavy atom. The second kappa shape index (κ2) is 7.62. The Kier molecular flexibility index (Phi) is 5.08. The number of benzene rings is 1. The number of carbonyl (C=O) groups is 1. The highest BCUT2D eigenvalue weighted by Gasteiger charge is 2.28. The fourth-order valence-electron chi connectivity index (χ4n) is 3.80. The fourth-order valence-corrected chi connectivity index (χ4v) is 4.88. The third kappa shape index (κ3) is 3.60. The number of nitrogens with zero attached hydrogens (tertiary/aromatic N) is 3. The van der Waals surface area contributed by atoms with Gasteiger partial charge in [-0.25, -0.2) is 4.98 Å². The van der Waals surface area contributed by atoms with Crippen LogP contribution in [0.15, 0.2) is 36.7 Å². The number of aromatic amines is 1. The summed E-state index contributed by atoms with van der Waals surface area (Å²) >= 11 is 2.07. The SMILES string of the molecule is O=C(c1ccccc1-c1ncc[nH]1)N1CCN(C2CCSCC2)CC1. The molecule has 0 atom stereocenters. The van der Waals surface area contributed by atoms with E-state index in [4.69, 9.17) is 0 Å². The normalized spacial score (nSPS) is 19.9. The molecule has 6 heteroatoms. The molecule has 0 radical (unpaired) electrons. The molecular formula is C19H24N4OS. The Balaban J connectivity index is 1.44. The number of H-pyrrole nitrogens is 1. The largest absolute Gasteiger partial charge is 0.345 e. The summed E-state index contributed by atoms with van der Waals surface area (Å²) in [6.45, 7) is 3.61. The van der Waals surface area contributed by atoms with Crippen LogP contribution in [0.3, 0.4) is 0 Å². The van der Waals surface area contributed by atoms with Crippen molar-refractivity contribution in [1.29, 1.82) is 0 Å². The van der Waals surface area contributed by atoms with Gasteiger partial charge >= 0.3 is 0 Å². The van der Waals surface area contributed by atoms with Crippen LogP contribution in [-0.2, 0) is 0 Å². The molecule has 2 fully saturated rings. The quantitative estimate of drug-likeness (QED) is 0.919. The first kappa shape index (κ1) is 16.7. The van der Waals surface area contributed by atoms with E-state index < -0.39 is 0 Å². The van der Waals surface area contributed by atoms with E-state index in [-0.39, 0.29) is 5.91 Å². The summed E-state index contributed by atoms with van der Waals surface area (Å²) in [6, 6.07) is 8.46. The van der Waals surface area contributed by atoms with Gasteiger partial charge in [-0.05, 0) is 30.4 Å². The molecule has 1 aromatic carbocycles. The molecule has 0 unspecified atom stereocenters. The van der Waals surface area contributed by atoms with Crippen LogP contribution in [0.1, 0.15) is 23.2 Å².